The van der Waals surface area contributed by atoms with Gasteiger partial charge in [0, 0.05) is 57.6 Å². The van der Waals surface area contributed by atoms with E-state index in [1.165, 1.54) is 48.7 Å². The molecule has 10 aromatic rings. The summed E-state index contributed by atoms with van der Waals surface area (Å²) < 4.78 is 0. The third-order valence-corrected chi connectivity index (χ3v) is 9.97. The maximum absolute atomic E-state index is 5.48. The summed E-state index contributed by atoms with van der Waals surface area (Å²) >= 11 is 0. The average molecular weight is 636 g/mol. The van der Waals surface area contributed by atoms with E-state index < -0.39 is 0 Å². The lowest BCUT2D eigenvalue weighted by Crippen LogP contribution is -1.95. The van der Waals surface area contributed by atoms with Gasteiger partial charge >= 0.3 is 0 Å². The summed E-state index contributed by atoms with van der Waals surface area (Å²) in [5.41, 5.74) is 9.87. The van der Waals surface area contributed by atoms with E-state index in [9.17, 15) is 0 Å². The van der Waals surface area contributed by atoms with E-state index in [0.717, 1.165) is 50.0 Å². The molecule has 0 atom stereocenters. The van der Waals surface area contributed by atoms with Crippen LogP contribution in [-0.2, 0) is 0 Å². The Bertz CT molecular complexity index is 2780. The molecule has 0 unspecified atom stereocenters. The molecule has 0 aliphatic rings. The maximum Gasteiger partial charge on any atom is 0.0800 e. The number of aromatic nitrogens is 3. The summed E-state index contributed by atoms with van der Waals surface area (Å²) in [7, 11) is 0. The third-order valence-electron chi connectivity index (χ3n) is 9.97. The first-order chi connectivity index (χ1) is 24.8. The molecule has 3 aromatic heterocycles. The second kappa shape index (κ2) is 11.5. The zero-order valence-electron chi connectivity index (χ0n) is 27.1. The summed E-state index contributed by atoms with van der Waals surface area (Å²) in [6, 6.07) is 54.5. The highest BCUT2D eigenvalue weighted by atomic mass is 14.7. The van der Waals surface area contributed by atoms with Crippen LogP contribution in [0.2, 0.25) is 0 Å². The molecule has 0 aliphatic heterocycles. The molecule has 232 valence electrons. The predicted molar refractivity (Wildman–Crippen MR) is 209 cm³/mol. The lowest BCUT2D eigenvalue weighted by Gasteiger charge is -2.20. The second-order valence-corrected chi connectivity index (χ2v) is 12.8. The molecule has 0 aliphatic carbocycles. The van der Waals surface area contributed by atoms with E-state index in [-0.39, 0.29) is 0 Å². The van der Waals surface area contributed by atoms with Gasteiger partial charge in [-0.05, 0) is 91.0 Å². The van der Waals surface area contributed by atoms with Gasteiger partial charge in [0.25, 0.3) is 0 Å². The zero-order chi connectivity index (χ0) is 33.0. The van der Waals surface area contributed by atoms with Crippen molar-refractivity contribution in [3.63, 3.8) is 0 Å². The van der Waals surface area contributed by atoms with Crippen LogP contribution in [0.3, 0.4) is 0 Å². The molecule has 0 bridgehead atoms. The standard InChI is InChI=1S/C47H29N3/c1-2-14-36-30(11-1)21-22-42-45(36)41-19-7-8-20-43(41)50-47(42)46-39-17-5-3-15-37(39)44(38-16-4-6-18-40(38)46)35-26-33(31-12-9-23-48-28-31)25-34(27-35)32-13-10-24-49-29-32/h1-29H. The average Bonchev–Trinajstić information content (AvgIpc) is 3.20. The van der Waals surface area contributed by atoms with Crippen molar-refractivity contribution in [2.45, 2.75) is 0 Å². The fourth-order valence-corrected chi connectivity index (χ4v) is 7.78. The van der Waals surface area contributed by atoms with Gasteiger partial charge in [0.05, 0.1) is 11.2 Å². The smallest absolute Gasteiger partial charge is 0.0800 e. The molecular weight excluding hydrogens is 607 g/mol. The Balaban J connectivity index is 1.34. The molecule has 0 saturated heterocycles. The monoisotopic (exact) mass is 635 g/mol. The first kappa shape index (κ1) is 28.3. The Hall–Kier alpha value is -6.71. The largest absolute Gasteiger partial charge is 0.264 e. The number of nitrogens with zero attached hydrogens (tertiary/aromatic N) is 3. The molecule has 10 rings (SSSR count). The molecular formula is C47H29N3. The van der Waals surface area contributed by atoms with Crippen LogP contribution in [0.1, 0.15) is 0 Å². The van der Waals surface area contributed by atoms with E-state index in [4.69, 9.17) is 4.98 Å². The van der Waals surface area contributed by atoms with Crippen LogP contribution in [0.4, 0.5) is 0 Å². The van der Waals surface area contributed by atoms with Crippen molar-refractivity contribution >= 4 is 54.0 Å². The van der Waals surface area contributed by atoms with Crippen molar-refractivity contribution in [3.8, 4) is 44.6 Å². The Morgan fingerprint density at radius 2 is 0.860 bits per heavy atom. The number of pyridine rings is 3. The fourth-order valence-electron chi connectivity index (χ4n) is 7.78. The lowest BCUT2D eigenvalue weighted by atomic mass is 9.84. The third kappa shape index (κ3) is 4.48. The Kier molecular flexibility index (Phi) is 6.49. The lowest BCUT2D eigenvalue weighted by molar-refractivity contribution is 1.32. The number of para-hydroxylation sites is 1. The van der Waals surface area contributed by atoms with Crippen LogP contribution in [0.15, 0.2) is 176 Å². The van der Waals surface area contributed by atoms with Crippen LogP contribution in [0.25, 0.3) is 98.6 Å². The van der Waals surface area contributed by atoms with Crippen molar-refractivity contribution in [1.29, 1.82) is 0 Å². The summed E-state index contributed by atoms with van der Waals surface area (Å²) in [5, 5.41) is 10.8. The molecule has 0 spiro atoms. The van der Waals surface area contributed by atoms with E-state index in [0.29, 0.717) is 0 Å². The molecule has 0 amide bonds. The molecule has 3 nitrogen and oxygen atoms in total. The Morgan fingerprint density at radius 3 is 1.46 bits per heavy atom. The molecule has 7 aromatic carbocycles. The molecule has 0 radical (unpaired) electrons. The van der Waals surface area contributed by atoms with E-state index in [1.807, 2.05) is 36.9 Å². The van der Waals surface area contributed by atoms with Gasteiger partial charge in [0.2, 0.25) is 0 Å². The quantitative estimate of drug-likeness (QED) is 0.143. The number of benzene rings is 7. The number of hydrogen-bond acceptors (Lipinski definition) is 3. The van der Waals surface area contributed by atoms with Crippen LogP contribution >= 0.6 is 0 Å². The molecule has 50 heavy (non-hydrogen) atoms. The van der Waals surface area contributed by atoms with Crippen LogP contribution in [0, 0.1) is 0 Å². The SMILES string of the molecule is c1cncc(-c2cc(-c3cccnc3)cc(-c3c4ccccc4c(-c4nc5ccccc5c5c4ccc4ccccc45)c4ccccc34)c2)c1. The van der Waals surface area contributed by atoms with Gasteiger partial charge in [0.1, 0.15) is 0 Å². The van der Waals surface area contributed by atoms with E-state index >= 15 is 0 Å². The van der Waals surface area contributed by atoms with Gasteiger partial charge in [-0.3, -0.25) is 9.97 Å². The maximum atomic E-state index is 5.48. The van der Waals surface area contributed by atoms with Crippen molar-refractivity contribution in [2.24, 2.45) is 0 Å². The van der Waals surface area contributed by atoms with Crippen LogP contribution in [0.5, 0.6) is 0 Å². The van der Waals surface area contributed by atoms with Gasteiger partial charge in [-0.2, -0.15) is 0 Å². The summed E-state index contributed by atoms with van der Waals surface area (Å²) in [5.74, 6) is 0. The predicted octanol–water partition coefficient (Wildman–Crippen LogP) is 12.3. The minimum absolute atomic E-state index is 0.994. The highest BCUT2D eigenvalue weighted by molar-refractivity contribution is 6.27. The van der Waals surface area contributed by atoms with Gasteiger partial charge < -0.3 is 0 Å². The van der Waals surface area contributed by atoms with Crippen molar-refractivity contribution in [3.05, 3.63) is 176 Å². The van der Waals surface area contributed by atoms with Crippen LogP contribution < -0.4 is 0 Å². The van der Waals surface area contributed by atoms with Crippen LogP contribution in [-0.4, -0.2) is 15.0 Å². The van der Waals surface area contributed by atoms with Gasteiger partial charge in [-0.1, -0.05) is 115 Å². The minimum atomic E-state index is 0.994. The van der Waals surface area contributed by atoms with E-state index in [1.54, 1.807) is 0 Å². The topological polar surface area (TPSA) is 38.7 Å². The second-order valence-electron chi connectivity index (χ2n) is 12.8. The Morgan fingerprint density at radius 1 is 0.340 bits per heavy atom. The minimum Gasteiger partial charge on any atom is -0.264 e. The molecule has 0 saturated carbocycles. The summed E-state index contributed by atoms with van der Waals surface area (Å²) in [4.78, 5) is 14.4. The highest BCUT2D eigenvalue weighted by Gasteiger charge is 2.21. The van der Waals surface area contributed by atoms with Gasteiger partial charge in [-0.25, -0.2) is 4.98 Å². The fraction of sp³-hybridized carbons (Fsp3) is 0. The van der Waals surface area contributed by atoms with Crippen molar-refractivity contribution in [2.75, 3.05) is 0 Å². The number of rotatable bonds is 4. The summed E-state index contributed by atoms with van der Waals surface area (Å²) in [6.45, 7) is 0. The number of fused-ring (bicyclic) bond motifs is 7. The Labute approximate surface area is 289 Å². The molecule has 0 N–H and O–H groups in total. The zero-order valence-corrected chi connectivity index (χ0v) is 27.1. The first-order valence-electron chi connectivity index (χ1n) is 16.9. The normalized spacial score (nSPS) is 11.6. The molecule has 3 heterocycles. The molecule has 3 heteroatoms. The van der Waals surface area contributed by atoms with Gasteiger partial charge in [0.15, 0.2) is 0 Å². The van der Waals surface area contributed by atoms with E-state index in [2.05, 4.69) is 149 Å². The molecule has 0 fully saturated rings. The first-order valence-corrected chi connectivity index (χ1v) is 16.9. The van der Waals surface area contributed by atoms with Crippen molar-refractivity contribution < 1.29 is 0 Å². The number of hydrogen-bond donors (Lipinski definition) is 0. The van der Waals surface area contributed by atoms with Gasteiger partial charge in [-0.15, -0.1) is 0 Å². The highest BCUT2D eigenvalue weighted by Crippen LogP contribution is 2.47. The summed E-state index contributed by atoms with van der Waals surface area (Å²) in [6.07, 6.45) is 7.52. The van der Waals surface area contributed by atoms with Crippen molar-refractivity contribution in [1.82, 2.24) is 15.0 Å².